The summed E-state index contributed by atoms with van der Waals surface area (Å²) in [5, 5.41) is 4.00. The Labute approximate surface area is 141 Å². The van der Waals surface area contributed by atoms with Crippen molar-refractivity contribution in [2.45, 2.75) is 33.2 Å². The maximum Gasteiger partial charge on any atom is 0.228 e. The van der Waals surface area contributed by atoms with Gasteiger partial charge in [0.05, 0.1) is 14.2 Å². The van der Waals surface area contributed by atoms with E-state index >= 15 is 0 Å². The van der Waals surface area contributed by atoms with Gasteiger partial charge in [0.2, 0.25) is 17.6 Å². The van der Waals surface area contributed by atoms with E-state index in [2.05, 4.69) is 10.1 Å². The monoisotopic (exact) mass is 333 g/mol. The maximum absolute atomic E-state index is 11.6. The van der Waals surface area contributed by atoms with Crippen LogP contribution in [-0.2, 0) is 11.2 Å². The van der Waals surface area contributed by atoms with Gasteiger partial charge in [0.15, 0.2) is 11.5 Å². The summed E-state index contributed by atoms with van der Waals surface area (Å²) in [4.78, 5) is 17.8. The Hall–Kier alpha value is -2.57. The lowest BCUT2D eigenvalue weighted by molar-refractivity contribution is -0.130. The fourth-order valence-electron chi connectivity index (χ4n) is 2.44. The van der Waals surface area contributed by atoms with Gasteiger partial charge in [0, 0.05) is 31.5 Å². The average molecular weight is 333 g/mol. The summed E-state index contributed by atoms with van der Waals surface area (Å²) in [6.45, 7) is 6.05. The highest BCUT2D eigenvalue weighted by Gasteiger charge is 2.16. The van der Waals surface area contributed by atoms with E-state index < -0.39 is 0 Å². The number of amides is 1. The first-order valence-corrected chi connectivity index (χ1v) is 7.78. The lowest BCUT2D eigenvalue weighted by Crippen LogP contribution is -2.36. The molecular formula is C17H23N3O4. The molecule has 1 heterocycles. The second-order valence-electron chi connectivity index (χ2n) is 5.64. The lowest BCUT2D eigenvalue weighted by Gasteiger charge is -2.24. The third kappa shape index (κ3) is 4.04. The number of hydrogen-bond donors (Lipinski definition) is 0. The zero-order valence-corrected chi connectivity index (χ0v) is 14.7. The highest BCUT2D eigenvalue weighted by molar-refractivity contribution is 5.73. The fraction of sp³-hybridized carbons (Fsp3) is 0.471. The second-order valence-corrected chi connectivity index (χ2v) is 5.64. The molecule has 0 atom stereocenters. The molecule has 7 heteroatoms. The van der Waals surface area contributed by atoms with Gasteiger partial charge in [-0.15, -0.1) is 0 Å². The number of carbonyl (C=O) groups excluding carboxylic acids is 1. The molecule has 0 saturated carbocycles. The van der Waals surface area contributed by atoms with Crippen molar-refractivity contribution in [3.63, 3.8) is 0 Å². The topological polar surface area (TPSA) is 77.7 Å². The van der Waals surface area contributed by atoms with Crippen LogP contribution in [-0.4, -0.2) is 47.8 Å². The first-order valence-electron chi connectivity index (χ1n) is 7.78. The van der Waals surface area contributed by atoms with E-state index in [4.69, 9.17) is 14.0 Å². The van der Waals surface area contributed by atoms with Gasteiger partial charge in [-0.05, 0) is 32.0 Å². The Morgan fingerprint density at radius 2 is 1.96 bits per heavy atom. The van der Waals surface area contributed by atoms with E-state index in [9.17, 15) is 4.79 Å². The molecule has 1 aromatic heterocycles. The quantitative estimate of drug-likeness (QED) is 0.775. The van der Waals surface area contributed by atoms with Gasteiger partial charge in [-0.3, -0.25) is 4.79 Å². The van der Waals surface area contributed by atoms with Crippen molar-refractivity contribution in [1.29, 1.82) is 0 Å². The number of carbonyl (C=O) groups is 1. The minimum atomic E-state index is 0.0321. The molecule has 2 rings (SSSR count). The van der Waals surface area contributed by atoms with Crippen molar-refractivity contribution in [3.8, 4) is 22.9 Å². The molecule has 24 heavy (non-hydrogen) atoms. The molecule has 1 amide bonds. The highest BCUT2D eigenvalue weighted by Crippen LogP contribution is 2.31. The Balaban J connectivity index is 2.12. The van der Waals surface area contributed by atoms with E-state index in [0.717, 1.165) is 5.56 Å². The molecular weight excluding hydrogens is 310 g/mol. The summed E-state index contributed by atoms with van der Waals surface area (Å²) < 4.78 is 15.8. The van der Waals surface area contributed by atoms with Gasteiger partial charge < -0.3 is 18.9 Å². The molecule has 0 aliphatic rings. The number of ether oxygens (including phenoxy) is 2. The van der Waals surface area contributed by atoms with Crippen LogP contribution >= 0.6 is 0 Å². The van der Waals surface area contributed by atoms with Gasteiger partial charge in [-0.2, -0.15) is 4.98 Å². The molecule has 2 aromatic rings. The van der Waals surface area contributed by atoms with Crippen molar-refractivity contribution in [2.24, 2.45) is 0 Å². The normalized spacial score (nSPS) is 10.8. The molecule has 0 unspecified atom stereocenters. The Bertz CT molecular complexity index is 697. The van der Waals surface area contributed by atoms with Gasteiger partial charge in [-0.1, -0.05) is 5.16 Å². The van der Waals surface area contributed by atoms with Crippen LogP contribution in [0, 0.1) is 0 Å². The van der Waals surface area contributed by atoms with E-state index in [0.29, 0.717) is 36.2 Å². The molecule has 0 aliphatic heterocycles. The summed E-state index contributed by atoms with van der Waals surface area (Å²) in [5.74, 6) is 2.24. The Kier molecular flexibility index (Phi) is 5.78. The summed E-state index contributed by atoms with van der Waals surface area (Å²) in [6, 6.07) is 5.56. The molecule has 0 saturated heterocycles. The van der Waals surface area contributed by atoms with Crippen LogP contribution in [0.5, 0.6) is 11.5 Å². The minimum absolute atomic E-state index is 0.0321. The van der Waals surface area contributed by atoms with Crippen molar-refractivity contribution in [1.82, 2.24) is 15.0 Å². The molecule has 0 fully saturated rings. The number of benzene rings is 1. The molecule has 0 bridgehead atoms. The van der Waals surface area contributed by atoms with Gasteiger partial charge in [-0.25, -0.2) is 0 Å². The van der Waals surface area contributed by atoms with E-state index in [-0.39, 0.29) is 11.9 Å². The number of nitrogens with zero attached hydrogens (tertiary/aromatic N) is 3. The summed E-state index contributed by atoms with van der Waals surface area (Å²) in [5.41, 5.74) is 0.773. The number of rotatable bonds is 7. The number of hydrogen-bond acceptors (Lipinski definition) is 6. The zero-order chi connectivity index (χ0) is 17.7. The standard InChI is InChI=1S/C17H23N3O4/c1-11(2)20(12(3)21)9-8-16-18-17(19-24-16)13-6-7-14(22-4)15(10-13)23-5/h6-7,10-11H,8-9H2,1-5H3. The first-order chi connectivity index (χ1) is 11.5. The predicted octanol–water partition coefficient (Wildman–Crippen LogP) is 2.55. The maximum atomic E-state index is 11.6. The third-order valence-electron chi connectivity index (χ3n) is 3.70. The van der Waals surface area contributed by atoms with E-state index in [1.54, 1.807) is 38.2 Å². The van der Waals surface area contributed by atoms with Crippen LogP contribution in [0.15, 0.2) is 22.7 Å². The van der Waals surface area contributed by atoms with Crippen molar-refractivity contribution in [2.75, 3.05) is 20.8 Å². The van der Waals surface area contributed by atoms with Crippen molar-refractivity contribution < 1.29 is 18.8 Å². The van der Waals surface area contributed by atoms with Crippen molar-refractivity contribution >= 4 is 5.91 Å². The van der Waals surface area contributed by atoms with Crippen LogP contribution in [0.3, 0.4) is 0 Å². The molecule has 0 radical (unpaired) electrons. The highest BCUT2D eigenvalue weighted by atomic mass is 16.5. The van der Waals surface area contributed by atoms with Gasteiger partial charge in [0.1, 0.15) is 0 Å². The lowest BCUT2D eigenvalue weighted by atomic mass is 10.2. The first kappa shape index (κ1) is 17.8. The smallest absolute Gasteiger partial charge is 0.228 e. The van der Waals surface area contributed by atoms with E-state index in [1.807, 2.05) is 19.9 Å². The van der Waals surface area contributed by atoms with Crippen LogP contribution < -0.4 is 9.47 Å². The van der Waals surface area contributed by atoms with Gasteiger partial charge >= 0.3 is 0 Å². The predicted molar refractivity (Wildman–Crippen MR) is 89.1 cm³/mol. The molecule has 0 N–H and O–H groups in total. The molecule has 130 valence electrons. The van der Waals surface area contributed by atoms with Crippen LogP contribution in [0.25, 0.3) is 11.4 Å². The van der Waals surface area contributed by atoms with Crippen LogP contribution in [0.4, 0.5) is 0 Å². The summed E-state index contributed by atoms with van der Waals surface area (Å²) >= 11 is 0. The molecule has 0 aliphatic carbocycles. The SMILES string of the molecule is COc1ccc(-c2noc(CCN(C(C)=O)C(C)C)n2)cc1OC. The largest absolute Gasteiger partial charge is 0.493 e. The van der Waals surface area contributed by atoms with Crippen LogP contribution in [0.1, 0.15) is 26.7 Å². The Morgan fingerprint density at radius 3 is 2.54 bits per heavy atom. The molecule has 7 nitrogen and oxygen atoms in total. The fourth-order valence-corrected chi connectivity index (χ4v) is 2.44. The van der Waals surface area contributed by atoms with E-state index in [1.165, 1.54) is 0 Å². The summed E-state index contributed by atoms with van der Waals surface area (Å²) in [6.07, 6.45) is 0.512. The average Bonchev–Trinajstić information content (AvgIpc) is 3.02. The third-order valence-corrected chi connectivity index (χ3v) is 3.70. The second kappa shape index (κ2) is 7.81. The summed E-state index contributed by atoms with van der Waals surface area (Å²) in [7, 11) is 3.16. The number of aromatic nitrogens is 2. The minimum Gasteiger partial charge on any atom is -0.493 e. The van der Waals surface area contributed by atoms with Crippen molar-refractivity contribution in [3.05, 3.63) is 24.1 Å². The zero-order valence-electron chi connectivity index (χ0n) is 14.7. The molecule has 0 spiro atoms. The van der Waals surface area contributed by atoms with Gasteiger partial charge in [0.25, 0.3) is 0 Å². The Morgan fingerprint density at radius 1 is 1.25 bits per heavy atom. The molecule has 1 aromatic carbocycles. The van der Waals surface area contributed by atoms with Crippen LogP contribution in [0.2, 0.25) is 0 Å². The number of methoxy groups -OCH3 is 2.